The van der Waals surface area contributed by atoms with Gasteiger partial charge >= 0.3 is 0 Å². The van der Waals surface area contributed by atoms with E-state index in [4.69, 9.17) is 4.42 Å². The third-order valence-electron chi connectivity index (χ3n) is 4.23. The molecule has 7 heteroatoms. The molecular weight excluding hydrogens is 325 g/mol. The first-order valence-electron chi connectivity index (χ1n) is 8.19. The Morgan fingerprint density at radius 1 is 1.16 bits per heavy atom. The highest BCUT2D eigenvalue weighted by atomic mass is 19.1. The molecule has 0 aliphatic carbocycles. The van der Waals surface area contributed by atoms with E-state index in [1.165, 1.54) is 18.4 Å². The summed E-state index contributed by atoms with van der Waals surface area (Å²) in [6.45, 7) is 4.19. The van der Waals surface area contributed by atoms with Crippen LogP contribution in [-0.2, 0) is 4.79 Å². The Kier molecular flexibility index (Phi) is 5.02. The minimum Gasteiger partial charge on any atom is -0.459 e. The summed E-state index contributed by atoms with van der Waals surface area (Å²) in [7, 11) is 0. The van der Waals surface area contributed by atoms with Crippen molar-refractivity contribution in [3.63, 3.8) is 0 Å². The van der Waals surface area contributed by atoms with Crippen LogP contribution < -0.4 is 10.2 Å². The summed E-state index contributed by atoms with van der Waals surface area (Å²) in [5.74, 6) is -0.656. The highest BCUT2D eigenvalue weighted by molar-refractivity contribution is 6.04. The van der Waals surface area contributed by atoms with Gasteiger partial charge in [-0.3, -0.25) is 9.59 Å². The van der Waals surface area contributed by atoms with Crippen LogP contribution in [0.25, 0.3) is 0 Å². The Morgan fingerprint density at radius 2 is 2.00 bits per heavy atom. The van der Waals surface area contributed by atoms with Crippen molar-refractivity contribution in [1.82, 2.24) is 4.90 Å². The van der Waals surface area contributed by atoms with Gasteiger partial charge in [0.15, 0.2) is 5.76 Å². The van der Waals surface area contributed by atoms with Crippen LogP contribution >= 0.6 is 0 Å². The zero-order valence-corrected chi connectivity index (χ0v) is 14.0. The van der Waals surface area contributed by atoms with Crippen LogP contribution in [0.5, 0.6) is 0 Å². The second-order valence-electron chi connectivity index (χ2n) is 5.94. The molecule has 25 heavy (non-hydrogen) atoms. The number of benzene rings is 1. The van der Waals surface area contributed by atoms with E-state index < -0.39 is 11.7 Å². The molecule has 0 atom stereocenters. The topological polar surface area (TPSA) is 65.8 Å². The first kappa shape index (κ1) is 17.0. The van der Waals surface area contributed by atoms with Gasteiger partial charge in [-0.05, 0) is 36.8 Å². The normalized spacial score (nSPS) is 15.0. The van der Waals surface area contributed by atoms with Gasteiger partial charge in [0, 0.05) is 33.1 Å². The summed E-state index contributed by atoms with van der Waals surface area (Å²) in [4.78, 5) is 27.7. The number of hydrogen-bond donors (Lipinski definition) is 1. The van der Waals surface area contributed by atoms with Crippen LogP contribution in [0, 0.1) is 5.82 Å². The highest BCUT2D eigenvalue weighted by Gasteiger charge is 2.20. The van der Waals surface area contributed by atoms with Crippen molar-refractivity contribution in [2.75, 3.05) is 36.4 Å². The van der Waals surface area contributed by atoms with E-state index in [0.717, 1.165) is 18.7 Å². The average Bonchev–Trinajstić information content (AvgIpc) is 3.00. The SMILES string of the molecule is CC(=O)N1CCCN(c2ccc(F)cc2NC(=O)c2ccco2)CC1. The van der Waals surface area contributed by atoms with Gasteiger partial charge in [-0.2, -0.15) is 0 Å². The maximum absolute atomic E-state index is 13.7. The van der Waals surface area contributed by atoms with Crippen molar-refractivity contribution in [2.24, 2.45) is 0 Å². The lowest BCUT2D eigenvalue weighted by Gasteiger charge is -2.25. The largest absolute Gasteiger partial charge is 0.459 e. The standard InChI is InChI=1S/C18H20FN3O3/c1-13(23)21-7-3-8-22(10-9-21)16-6-5-14(19)12-15(16)20-18(24)17-4-2-11-25-17/h2,4-6,11-12H,3,7-10H2,1H3,(H,20,24). The summed E-state index contributed by atoms with van der Waals surface area (Å²) < 4.78 is 18.8. The highest BCUT2D eigenvalue weighted by Crippen LogP contribution is 2.28. The van der Waals surface area contributed by atoms with E-state index in [9.17, 15) is 14.0 Å². The summed E-state index contributed by atoms with van der Waals surface area (Å²) in [5, 5.41) is 2.71. The van der Waals surface area contributed by atoms with Crippen LogP contribution in [0.2, 0.25) is 0 Å². The fourth-order valence-electron chi connectivity index (χ4n) is 2.95. The fraction of sp³-hybridized carbons (Fsp3) is 0.333. The number of carbonyl (C=O) groups is 2. The summed E-state index contributed by atoms with van der Waals surface area (Å²) in [5.41, 5.74) is 1.12. The molecule has 1 aliphatic heterocycles. The minimum atomic E-state index is -0.433. The van der Waals surface area contributed by atoms with E-state index in [-0.39, 0.29) is 11.7 Å². The van der Waals surface area contributed by atoms with Gasteiger partial charge in [0.2, 0.25) is 5.91 Å². The molecule has 2 amide bonds. The summed E-state index contributed by atoms with van der Waals surface area (Å²) >= 11 is 0. The summed E-state index contributed by atoms with van der Waals surface area (Å²) in [6.07, 6.45) is 2.22. The lowest BCUT2D eigenvalue weighted by atomic mass is 10.2. The van der Waals surface area contributed by atoms with E-state index in [2.05, 4.69) is 10.2 Å². The van der Waals surface area contributed by atoms with Crippen molar-refractivity contribution < 1.29 is 18.4 Å². The number of carbonyl (C=O) groups excluding carboxylic acids is 2. The number of nitrogens with one attached hydrogen (secondary N) is 1. The monoisotopic (exact) mass is 345 g/mol. The van der Waals surface area contributed by atoms with Crippen LogP contribution in [-0.4, -0.2) is 42.9 Å². The maximum Gasteiger partial charge on any atom is 0.291 e. The molecule has 132 valence electrons. The van der Waals surface area contributed by atoms with Crippen LogP contribution in [0.15, 0.2) is 41.0 Å². The van der Waals surface area contributed by atoms with Crippen LogP contribution in [0.3, 0.4) is 0 Å². The molecule has 0 unspecified atom stereocenters. The third kappa shape index (κ3) is 3.99. The molecule has 1 saturated heterocycles. The molecule has 2 aromatic rings. The zero-order valence-electron chi connectivity index (χ0n) is 14.0. The minimum absolute atomic E-state index is 0.0484. The van der Waals surface area contributed by atoms with Crippen LogP contribution in [0.1, 0.15) is 23.9 Å². The van der Waals surface area contributed by atoms with E-state index in [0.29, 0.717) is 25.3 Å². The van der Waals surface area contributed by atoms with Crippen molar-refractivity contribution in [2.45, 2.75) is 13.3 Å². The maximum atomic E-state index is 13.7. The molecular formula is C18H20FN3O3. The number of anilines is 2. The number of amides is 2. The molecule has 1 fully saturated rings. The van der Waals surface area contributed by atoms with Crippen molar-refractivity contribution >= 4 is 23.2 Å². The number of rotatable bonds is 3. The molecule has 6 nitrogen and oxygen atoms in total. The average molecular weight is 345 g/mol. The lowest BCUT2D eigenvalue weighted by Crippen LogP contribution is -2.34. The Hall–Kier alpha value is -2.83. The third-order valence-corrected chi connectivity index (χ3v) is 4.23. The molecule has 2 heterocycles. The molecule has 0 spiro atoms. The van der Waals surface area contributed by atoms with E-state index in [1.807, 2.05) is 0 Å². The lowest BCUT2D eigenvalue weighted by molar-refractivity contribution is -0.128. The van der Waals surface area contributed by atoms with Gasteiger partial charge in [-0.15, -0.1) is 0 Å². The summed E-state index contributed by atoms with van der Waals surface area (Å²) in [6, 6.07) is 7.48. The number of furan rings is 1. The quantitative estimate of drug-likeness (QED) is 0.929. The van der Waals surface area contributed by atoms with Crippen molar-refractivity contribution in [3.05, 3.63) is 48.2 Å². The number of hydrogen-bond acceptors (Lipinski definition) is 4. The van der Waals surface area contributed by atoms with Crippen molar-refractivity contribution in [3.8, 4) is 0 Å². The zero-order chi connectivity index (χ0) is 17.8. The van der Waals surface area contributed by atoms with Gasteiger partial charge in [0.05, 0.1) is 17.6 Å². The van der Waals surface area contributed by atoms with Gasteiger partial charge in [0.1, 0.15) is 5.82 Å². The predicted molar refractivity (Wildman–Crippen MR) is 92.1 cm³/mol. The van der Waals surface area contributed by atoms with Gasteiger partial charge in [-0.25, -0.2) is 4.39 Å². The second-order valence-corrected chi connectivity index (χ2v) is 5.94. The second kappa shape index (κ2) is 7.38. The predicted octanol–water partition coefficient (Wildman–Crippen LogP) is 2.73. The molecule has 3 rings (SSSR count). The smallest absolute Gasteiger partial charge is 0.291 e. The molecule has 0 radical (unpaired) electrons. The van der Waals surface area contributed by atoms with E-state index >= 15 is 0 Å². The Balaban J connectivity index is 1.81. The fourth-order valence-corrected chi connectivity index (χ4v) is 2.95. The number of nitrogens with zero attached hydrogens (tertiary/aromatic N) is 2. The first-order valence-corrected chi connectivity index (χ1v) is 8.19. The van der Waals surface area contributed by atoms with Gasteiger partial charge < -0.3 is 19.5 Å². The van der Waals surface area contributed by atoms with Crippen LogP contribution in [0.4, 0.5) is 15.8 Å². The number of halogens is 1. The Labute approximate surface area is 145 Å². The molecule has 1 aliphatic rings. The molecule has 0 bridgehead atoms. The molecule has 1 aromatic carbocycles. The Morgan fingerprint density at radius 3 is 2.72 bits per heavy atom. The first-order chi connectivity index (χ1) is 12.0. The van der Waals surface area contributed by atoms with E-state index in [1.54, 1.807) is 30.0 Å². The van der Waals surface area contributed by atoms with Gasteiger partial charge in [-0.1, -0.05) is 0 Å². The Bertz CT molecular complexity index is 761. The molecule has 0 saturated carbocycles. The molecule has 1 N–H and O–H groups in total. The van der Waals surface area contributed by atoms with Crippen molar-refractivity contribution in [1.29, 1.82) is 0 Å². The van der Waals surface area contributed by atoms with Gasteiger partial charge in [0.25, 0.3) is 5.91 Å². The molecule has 1 aromatic heterocycles.